The highest BCUT2D eigenvalue weighted by molar-refractivity contribution is 6.51. The highest BCUT2D eigenvalue weighted by atomic mass is 16.3. The van der Waals surface area contributed by atoms with Crippen molar-refractivity contribution < 1.29 is 5.11 Å². The lowest BCUT2D eigenvalue weighted by atomic mass is 10.1. The highest BCUT2D eigenvalue weighted by Crippen LogP contribution is 2.23. The van der Waals surface area contributed by atoms with E-state index in [4.69, 9.17) is 0 Å². The Kier molecular flexibility index (Phi) is 3.57. The van der Waals surface area contributed by atoms with Gasteiger partial charge in [0.1, 0.15) is 11.5 Å². The minimum atomic E-state index is 0.176. The maximum atomic E-state index is 9.69. The smallest absolute Gasteiger partial charge is 0.140 e. The van der Waals surface area contributed by atoms with Crippen molar-refractivity contribution in [2.75, 3.05) is 12.5 Å². The Hall–Kier alpha value is -2.36. The third kappa shape index (κ3) is 2.66. The molecule has 0 saturated carbocycles. The van der Waals surface area contributed by atoms with Crippen molar-refractivity contribution in [3.63, 3.8) is 0 Å². The number of hydrazone groups is 1. The van der Waals surface area contributed by atoms with Crippen molar-refractivity contribution in [1.82, 2.24) is 0 Å². The highest BCUT2D eigenvalue weighted by Gasteiger charge is 2.05. The van der Waals surface area contributed by atoms with Gasteiger partial charge in [-0.1, -0.05) is 18.2 Å². The molecule has 1 aliphatic rings. The van der Waals surface area contributed by atoms with Gasteiger partial charge in [0.15, 0.2) is 0 Å². The molecule has 4 heteroatoms. The molecule has 0 radical (unpaired) electrons. The van der Waals surface area contributed by atoms with E-state index in [2.05, 4.69) is 15.5 Å². The van der Waals surface area contributed by atoms with Gasteiger partial charge in [-0.3, -0.25) is 10.4 Å². The number of aliphatic imine (C=N–C) groups is 1. The van der Waals surface area contributed by atoms with Crippen LogP contribution in [0.15, 0.2) is 52.6 Å². The van der Waals surface area contributed by atoms with Crippen LogP contribution < -0.4 is 5.43 Å². The topological polar surface area (TPSA) is 57.0 Å². The average molecular weight is 241 g/mol. The van der Waals surface area contributed by atoms with E-state index in [-0.39, 0.29) is 5.75 Å². The van der Waals surface area contributed by atoms with Crippen molar-refractivity contribution in [2.24, 2.45) is 10.1 Å². The van der Waals surface area contributed by atoms with Gasteiger partial charge in [0.2, 0.25) is 0 Å². The number of benzene rings is 1. The molecule has 1 aliphatic carbocycles. The summed E-state index contributed by atoms with van der Waals surface area (Å²) >= 11 is 0. The monoisotopic (exact) mass is 241 g/mol. The predicted octanol–water partition coefficient (Wildman–Crippen LogP) is 2.67. The second-order valence-corrected chi connectivity index (χ2v) is 3.96. The Labute approximate surface area is 106 Å². The quantitative estimate of drug-likeness (QED) is 0.475. The summed E-state index contributed by atoms with van der Waals surface area (Å²) in [7, 11) is 1.72. The number of anilines is 1. The molecule has 0 bridgehead atoms. The molecular formula is C14H15N3O. The lowest BCUT2D eigenvalue weighted by Gasteiger charge is -2.08. The molecule has 0 heterocycles. The Morgan fingerprint density at radius 2 is 1.83 bits per heavy atom. The molecule has 4 nitrogen and oxygen atoms in total. The predicted molar refractivity (Wildman–Crippen MR) is 75.5 cm³/mol. The number of hydrogen-bond acceptors (Lipinski definition) is 4. The molecule has 0 saturated heterocycles. The van der Waals surface area contributed by atoms with Gasteiger partial charge in [-0.15, -0.1) is 0 Å². The number of aromatic hydroxyl groups is 1. The zero-order chi connectivity index (χ0) is 13.0. The maximum Gasteiger partial charge on any atom is 0.140 e. The molecule has 2 rings (SSSR count). The van der Waals surface area contributed by atoms with E-state index in [0.717, 1.165) is 17.0 Å². The van der Waals surface area contributed by atoms with Crippen LogP contribution in [0.2, 0.25) is 0 Å². The molecule has 0 atom stereocenters. The number of nitrogens with zero attached hydrogens (tertiary/aromatic N) is 2. The number of nitrogens with one attached hydrogen (secondary N) is 1. The van der Waals surface area contributed by atoms with Crippen LogP contribution in [-0.4, -0.2) is 23.6 Å². The van der Waals surface area contributed by atoms with Crippen molar-refractivity contribution in [2.45, 2.75) is 6.92 Å². The third-order valence-corrected chi connectivity index (χ3v) is 2.57. The summed E-state index contributed by atoms with van der Waals surface area (Å²) in [5, 5.41) is 13.9. The molecule has 0 fully saturated rings. The van der Waals surface area contributed by atoms with Crippen molar-refractivity contribution in [3.8, 4) is 5.75 Å². The normalized spacial score (nSPS) is 18.6. The Bertz CT molecular complexity index is 568. The number of aryl methyl sites for hydroxylation is 1. The van der Waals surface area contributed by atoms with Crippen molar-refractivity contribution >= 4 is 17.1 Å². The zero-order valence-corrected chi connectivity index (χ0v) is 10.4. The van der Waals surface area contributed by atoms with Crippen LogP contribution >= 0.6 is 0 Å². The van der Waals surface area contributed by atoms with Gasteiger partial charge in [0.25, 0.3) is 0 Å². The van der Waals surface area contributed by atoms with Crippen LogP contribution in [0.4, 0.5) is 5.69 Å². The number of hydrogen-bond donors (Lipinski definition) is 2. The van der Waals surface area contributed by atoms with E-state index in [1.807, 2.05) is 43.4 Å². The van der Waals surface area contributed by atoms with Crippen LogP contribution in [0, 0.1) is 6.92 Å². The molecule has 1 aromatic carbocycles. The summed E-state index contributed by atoms with van der Waals surface area (Å²) in [6.45, 7) is 1.96. The molecule has 2 N–H and O–H groups in total. The molecule has 0 spiro atoms. The van der Waals surface area contributed by atoms with Crippen molar-refractivity contribution in [1.29, 1.82) is 0 Å². The standard InChI is InChI=1S/C14H15N3O/c1-10-7-8-14(18)13(9-10)17-16-12-6-4-3-5-11(12)15-2/h3-9,17-18H,1-2H3/b15-11-,16-12-. The summed E-state index contributed by atoms with van der Waals surface area (Å²) in [5.74, 6) is 0.176. The molecule has 18 heavy (non-hydrogen) atoms. The molecule has 0 aliphatic heterocycles. The third-order valence-electron chi connectivity index (χ3n) is 2.57. The fourth-order valence-electron chi connectivity index (χ4n) is 1.61. The summed E-state index contributed by atoms with van der Waals surface area (Å²) in [6, 6.07) is 5.32. The van der Waals surface area contributed by atoms with Crippen LogP contribution in [0.5, 0.6) is 5.75 Å². The Morgan fingerprint density at radius 3 is 2.56 bits per heavy atom. The number of rotatable bonds is 2. The van der Waals surface area contributed by atoms with E-state index in [0.29, 0.717) is 5.69 Å². The molecular weight excluding hydrogens is 226 g/mol. The minimum absolute atomic E-state index is 0.176. The SMILES string of the molecule is C/N=C1/C=CC=C/C1=N/Nc1cc(C)ccc1O. The Morgan fingerprint density at radius 1 is 1.11 bits per heavy atom. The second kappa shape index (κ2) is 5.31. The van der Waals surface area contributed by atoms with Gasteiger partial charge in [-0.25, -0.2) is 0 Å². The summed E-state index contributed by atoms with van der Waals surface area (Å²) in [4.78, 5) is 4.13. The van der Waals surface area contributed by atoms with E-state index in [9.17, 15) is 5.11 Å². The van der Waals surface area contributed by atoms with Crippen LogP contribution in [0.3, 0.4) is 0 Å². The average Bonchev–Trinajstić information content (AvgIpc) is 2.40. The Balaban J connectivity index is 2.22. The minimum Gasteiger partial charge on any atom is -0.506 e. The maximum absolute atomic E-state index is 9.69. The zero-order valence-electron chi connectivity index (χ0n) is 10.4. The van der Waals surface area contributed by atoms with Gasteiger partial charge in [0, 0.05) is 7.05 Å². The van der Waals surface area contributed by atoms with E-state index < -0.39 is 0 Å². The van der Waals surface area contributed by atoms with E-state index in [1.165, 1.54) is 0 Å². The molecule has 92 valence electrons. The number of phenolic OH excluding ortho intramolecular Hbond substituents is 1. The molecule has 0 aromatic heterocycles. The fourth-order valence-corrected chi connectivity index (χ4v) is 1.61. The lowest BCUT2D eigenvalue weighted by molar-refractivity contribution is 0.477. The number of allylic oxidation sites excluding steroid dienone is 4. The number of phenols is 1. The molecule has 0 amide bonds. The van der Waals surface area contributed by atoms with E-state index >= 15 is 0 Å². The first-order valence-electron chi connectivity index (χ1n) is 5.66. The largest absolute Gasteiger partial charge is 0.506 e. The first kappa shape index (κ1) is 12.1. The van der Waals surface area contributed by atoms with Gasteiger partial charge >= 0.3 is 0 Å². The first-order chi connectivity index (χ1) is 8.70. The first-order valence-corrected chi connectivity index (χ1v) is 5.66. The van der Waals surface area contributed by atoms with Gasteiger partial charge < -0.3 is 5.11 Å². The van der Waals surface area contributed by atoms with Crippen LogP contribution in [0.25, 0.3) is 0 Å². The summed E-state index contributed by atoms with van der Waals surface area (Å²) in [6.07, 6.45) is 7.55. The lowest BCUT2D eigenvalue weighted by Crippen LogP contribution is -2.13. The van der Waals surface area contributed by atoms with Gasteiger partial charge in [-0.05, 0) is 36.8 Å². The molecule has 1 aromatic rings. The fraction of sp³-hybridized carbons (Fsp3) is 0.143. The second-order valence-electron chi connectivity index (χ2n) is 3.96. The van der Waals surface area contributed by atoms with E-state index in [1.54, 1.807) is 13.1 Å². The summed E-state index contributed by atoms with van der Waals surface area (Å²) in [5.41, 5.74) is 6.04. The van der Waals surface area contributed by atoms with Gasteiger partial charge in [-0.2, -0.15) is 5.10 Å². The van der Waals surface area contributed by atoms with Crippen molar-refractivity contribution in [3.05, 3.63) is 48.1 Å². The van der Waals surface area contributed by atoms with Crippen LogP contribution in [0.1, 0.15) is 5.56 Å². The molecule has 0 unspecified atom stereocenters. The summed E-state index contributed by atoms with van der Waals surface area (Å²) < 4.78 is 0. The van der Waals surface area contributed by atoms with Crippen LogP contribution in [-0.2, 0) is 0 Å². The van der Waals surface area contributed by atoms with Gasteiger partial charge in [0.05, 0.1) is 11.4 Å².